The summed E-state index contributed by atoms with van der Waals surface area (Å²) in [7, 11) is 2.08. The molecule has 27 heavy (non-hydrogen) atoms. The molecule has 1 aromatic carbocycles. The number of rotatable bonds is 5. The molecule has 0 radical (unpaired) electrons. The molecule has 7 heteroatoms. The molecule has 4 rings (SSSR count). The van der Waals surface area contributed by atoms with Crippen LogP contribution in [0.15, 0.2) is 51.3 Å². The van der Waals surface area contributed by atoms with Crippen molar-refractivity contribution in [2.24, 2.45) is 0 Å². The van der Waals surface area contributed by atoms with E-state index in [4.69, 9.17) is 13.6 Å². The summed E-state index contributed by atoms with van der Waals surface area (Å²) < 4.78 is 17.4. The Bertz CT molecular complexity index is 934. The summed E-state index contributed by atoms with van der Waals surface area (Å²) in [6.07, 6.45) is 0. The molecule has 0 spiro atoms. The minimum absolute atomic E-state index is 0.285. The zero-order chi connectivity index (χ0) is 18.6. The van der Waals surface area contributed by atoms with E-state index >= 15 is 0 Å². The minimum Gasteiger partial charge on any atom is -0.486 e. The summed E-state index contributed by atoms with van der Waals surface area (Å²) in [6.45, 7) is 3.74. The fourth-order valence-electron chi connectivity index (χ4n) is 2.96. The first-order valence-electron chi connectivity index (χ1n) is 8.84. The van der Waals surface area contributed by atoms with Crippen molar-refractivity contribution < 1.29 is 13.6 Å². The molecule has 1 fully saturated rings. The molecule has 1 aliphatic heterocycles. The highest BCUT2D eigenvalue weighted by molar-refractivity contribution is 5.56. The predicted octanol–water partition coefficient (Wildman–Crippen LogP) is 3.14. The molecular weight excluding hydrogens is 344 g/mol. The van der Waals surface area contributed by atoms with Gasteiger partial charge in [0.2, 0.25) is 11.6 Å². The van der Waals surface area contributed by atoms with Gasteiger partial charge in [-0.2, -0.15) is 10.2 Å². The molecule has 3 aromatic rings. The van der Waals surface area contributed by atoms with E-state index in [1.165, 1.54) is 0 Å². The number of likely N-dealkylation sites (N-methyl/N-ethyl adjacent to an activating group) is 1. The molecule has 0 aliphatic carbocycles. The van der Waals surface area contributed by atoms with Crippen LogP contribution < -0.4 is 9.64 Å². The lowest BCUT2D eigenvalue weighted by Crippen LogP contribution is -2.44. The summed E-state index contributed by atoms with van der Waals surface area (Å²) in [5.41, 5.74) is 0.285. The molecule has 0 bridgehead atoms. The molecular formula is C20H20N4O3. The van der Waals surface area contributed by atoms with Gasteiger partial charge in [0.05, 0.1) is 0 Å². The van der Waals surface area contributed by atoms with E-state index in [2.05, 4.69) is 27.9 Å². The van der Waals surface area contributed by atoms with Crippen LogP contribution in [-0.2, 0) is 6.61 Å². The van der Waals surface area contributed by atoms with Crippen molar-refractivity contribution >= 4 is 5.88 Å². The summed E-state index contributed by atoms with van der Waals surface area (Å²) in [6, 6.07) is 15.3. The zero-order valence-corrected chi connectivity index (χ0v) is 15.1. The van der Waals surface area contributed by atoms with Crippen LogP contribution in [0.2, 0.25) is 0 Å². The van der Waals surface area contributed by atoms with E-state index < -0.39 is 0 Å². The maximum Gasteiger partial charge on any atom is 0.266 e. The lowest BCUT2D eigenvalue weighted by molar-refractivity contribution is 0.271. The second kappa shape index (κ2) is 7.56. The van der Waals surface area contributed by atoms with E-state index in [1.54, 1.807) is 6.07 Å². The average Bonchev–Trinajstić information content (AvgIpc) is 3.35. The van der Waals surface area contributed by atoms with Crippen LogP contribution in [0, 0.1) is 11.3 Å². The second-order valence-corrected chi connectivity index (χ2v) is 6.44. The van der Waals surface area contributed by atoms with Gasteiger partial charge >= 0.3 is 0 Å². The number of aromatic nitrogens is 1. The maximum atomic E-state index is 9.42. The highest BCUT2D eigenvalue weighted by Crippen LogP contribution is 2.30. The highest BCUT2D eigenvalue weighted by atomic mass is 16.5. The lowest BCUT2D eigenvalue weighted by atomic mass is 10.3. The van der Waals surface area contributed by atoms with Crippen molar-refractivity contribution in [1.29, 1.82) is 5.26 Å². The molecule has 3 heterocycles. The van der Waals surface area contributed by atoms with Crippen LogP contribution >= 0.6 is 0 Å². The highest BCUT2D eigenvalue weighted by Gasteiger charge is 2.24. The quantitative estimate of drug-likeness (QED) is 0.688. The van der Waals surface area contributed by atoms with Crippen LogP contribution in [0.3, 0.4) is 0 Å². The van der Waals surface area contributed by atoms with Crippen molar-refractivity contribution in [3.05, 3.63) is 53.9 Å². The summed E-state index contributed by atoms with van der Waals surface area (Å²) in [4.78, 5) is 8.60. The Morgan fingerprint density at radius 1 is 1.07 bits per heavy atom. The van der Waals surface area contributed by atoms with Gasteiger partial charge in [-0.1, -0.05) is 18.2 Å². The summed E-state index contributed by atoms with van der Waals surface area (Å²) >= 11 is 0. The Morgan fingerprint density at radius 2 is 1.85 bits per heavy atom. The molecule has 1 saturated heterocycles. The zero-order valence-electron chi connectivity index (χ0n) is 15.1. The molecule has 1 aliphatic rings. The number of ether oxygens (including phenoxy) is 1. The van der Waals surface area contributed by atoms with Crippen LogP contribution in [-0.4, -0.2) is 43.1 Å². The fraction of sp³-hybridized carbons (Fsp3) is 0.300. The third-order valence-electron chi connectivity index (χ3n) is 4.50. The van der Waals surface area contributed by atoms with Gasteiger partial charge < -0.3 is 23.4 Å². The standard InChI is InChI=1S/C20H20N4O3/c1-23-9-11-24(12-10-23)20-17(13-21)22-19(27-20)18-8-7-16(26-18)14-25-15-5-3-2-4-6-15/h2-8H,9-12,14H2,1H3. The van der Waals surface area contributed by atoms with Crippen LogP contribution in [0.1, 0.15) is 11.5 Å². The van der Waals surface area contributed by atoms with Crippen LogP contribution in [0.4, 0.5) is 5.88 Å². The normalized spacial score (nSPS) is 14.9. The Morgan fingerprint density at radius 3 is 2.59 bits per heavy atom. The van der Waals surface area contributed by atoms with Gasteiger partial charge in [-0.15, -0.1) is 0 Å². The van der Waals surface area contributed by atoms with E-state index in [1.807, 2.05) is 36.4 Å². The molecule has 2 aromatic heterocycles. The maximum absolute atomic E-state index is 9.42. The van der Waals surface area contributed by atoms with Gasteiger partial charge in [0.25, 0.3) is 5.89 Å². The van der Waals surface area contributed by atoms with Gasteiger partial charge in [-0.25, -0.2) is 0 Å². The van der Waals surface area contributed by atoms with Crippen molar-refractivity contribution in [3.63, 3.8) is 0 Å². The number of piperazine rings is 1. The SMILES string of the molecule is CN1CCN(c2oc(-c3ccc(COc4ccccc4)o3)nc2C#N)CC1. The number of para-hydroxylation sites is 1. The Balaban J connectivity index is 1.49. The second-order valence-electron chi connectivity index (χ2n) is 6.44. The van der Waals surface area contributed by atoms with E-state index in [0.717, 1.165) is 31.9 Å². The predicted molar refractivity (Wildman–Crippen MR) is 99.4 cm³/mol. The number of hydrogen-bond donors (Lipinski definition) is 0. The Kier molecular flexibility index (Phi) is 4.81. The minimum atomic E-state index is 0.285. The molecule has 0 atom stereocenters. The monoisotopic (exact) mass is 364 g/mol. The molecule has 7 nitrogen and oxygen atoms in total. The third-order valence-corrected chi connectivity index (χ3v) is 4.50. The number of nitrogens with zero attached hydrogens (tertiary/aromatic N) is 4. The van der Waals surface area contributed by atoms with Gasteiger partial charge in [-0.05, 0) is 31.3 Å². The molecule has 138 valence electrons. The van der Waals surface area contributed by atoms with Gasteiger partial charge in [0, 0.05) is 26.2 Å². The number of furan rings is 1. The number of oxazole rings is 1. The van der Waals surface area contributed by atoms with E-state index in [-0.39, 0.29) is 5.69 Å². The number of anilines is 1. The van der Waals surface area contributed by atoms with Crippen molar-refractivity contribution in [1.82, 2.24) is 9.88 Å². The molecule has 0 unspecified atom stereocenters. The van der Waals surface area contributed by atoms with Crippen LogP contribution in [0.5, 0.6) is 5.75 Å². The average molecular weight is 364 g/mol. The van der Waals surface area contributed by atoms with Gasteiger partial charge in [-0.3, -0.25) is 0 Å². The van der Waals surface area contributed by atoms with Crippen molar-refractivity contribution in [2.45, 2.75) is 6.61 Å². The van der Waals surface area contributed by atoms with Gasteiger partial charge in [0.15, 0.2) is 5.76 Å². The Labute approximate surface area is 157 Å². The van der Waals surface area contributed by atoms with E-state index in [0.29, 0.717) is 29.9 Å². The summed E-state index contributed by atoms with van der Waals surface area (Å²) in [5.74, 6) is 2.74. The third kappa shape index (κ3) is 3.81. The molecule has 0 saturated carbocycles. The van der Waals surface area contributed by atoms with Crippen molar-refractivity contribution in [2.75, 3.05) is 38.1 Å². The molecule has 0 N–H and O–H groups in total. The number of benzene rings is 1. The fourth-order valence-corrected chi connectivity index (χ4v) is 2.96. The first-order valence-corrected chi connectivity index (χ1v) is 8.84. The number of hydrogen-bond acceptors (Lipinski definition) is 7. The first-order chi connectivity index (χ1) is 13.2. The Hall–Kier alpha value is -3.24. The number of nitriles is 1. The molecule has 0 amide bonds. The van der Waals surface area contributed by atoms with Crippen LogP contribution in [0.25, 0.3) is 11.7 Å². The first kappa shape index (κ1) is 17.2. The topological polar surface area (TPSA) is 78.7 Å². The lowest BCUT2D eigenvalue weighted by Gasteiger charge is -2.31. The van der Waals surface area contributed by atoms with Crippen molar-refractivity contribution in [3.8, 4) is 23.5 Å². The smallest absolute Gasteiger partial charge is 0.266 e. The largest absolute Gasteiger partial charge is 0.486 e. The summed E-state index contributed by atoms with van der Waals surface area (Å²) in [5, 5.41) is 9.42. The van der Waals surface area contributed by atoms with E-state index in [9.17, 15) is 5.26 Å². The van der Waals surface area contributed by atoms with Gasteiger partial charge in [0.1, 0.15) is 24.2 Å².